The van der Waals surface area contributed by atoms with E-state index in [9.17, 15) is 0 Å². The van der Waals surface area contributed by atoms with Gasteiger partial charge in [0.05, 0.1) is 12.7 Å². The van der Waals surface area contributed by atoms with Gasteiger partial charge in [-0.1, -0.05) is 20.3 Å². The van der Waals surface area contributed by atoms with E-state index in [4.69, 9.17) is 4.74 Å². The van der Waals surface area contributed by atoms with E-state index >= 15 is 0 Å². The molecule has 0 saturated carbocycles. The van der Waals surface area contributed by atoms with Crippen LogP contribution < -0.4 is 5.32 Å². The summed E-state index contributed by atoms with van der Waals surface area (Å²) in [5, 5.41) is 3.56. The molecule has 3 atom stereocenters. The van der Waals surface area contributed by atoms with Crippen molar-refractivity contribution in [2.45, 2.75) is 65.1 Å². The van der Waals surface area contributed by atoms with Crippen LogP contribution in [0.1, 0.15) is 47.0 Å². The van der Waals surface area contributed by atoms with Crippen LogP contribution in [-0.2, 0) is 4.74 Å². The van der Waals surface area contributed by atoms with E-state index in [-0.39, 0.29) is 0 Å². The summed E-state index contributed by atoms with van der Waals surface area (Å²) in [6.45, 7) is 13.2. The van der Waals surface area contributed by atoms with Crippen molar-refractivity contribution in [2.24, 2.45) is 0 Å². The lowest BCUT2D eigenvalue weighted by atomic mass is 10.1. The third-order valence-corrected chi connectivity index (χ3v) is 3.69. The summed E-state index contributed by atoms with van der Waals surface area (Å²) in [6, 6.07) is 1.22. The number of nitrogens with zero attached hydrogens (tertiary/aromatic N) is 1. The molecule has 0 radical (unpaired) electrons. The highest BCUT2D eigenvalue weighted by Gasteiger charge is 2.28. The van der Waals surface area contributed by atoms with Crippen LogP contribution in [0.25, 0.3) is 0 Å². The van der Waals surface area contributed by atoms with Gasteiger partial charge in [0.2, 0.25) is 0 Å². The van der Waals surface area contributed by atoms with E-state index in [1.54, 1.807) is 0 Å². The minimum Gasteiger partial charge on any atom is -0.376 e. The molecule has 0 aliphatic carbocycles. The van der Waals surface area contributed by atoms with Crippen LogP contribution in [0.4, 0.5) is 0 Å². The van der Waals surface area contributed by atoms with Crippen molar-refractivity contribution >= 4 is 0 Å². The fourth-order valence-electron chi connectivity index (χ4n) is 2.49. The molecule has 1 saturated heterocycles. The highest BCUT2D eigenvalue weighted by molar-refractivity contribution is 4.82. The molecule has 0 spiro atoms. The summed E-state index contributed by atoms with van der Waals surface area (Å²) in [4.78, 5) is 2.62. The molecule has 0 aromatic heterocycles. The van der Waals surface area contributed by atoms with Gasteiger partial charge in [-0.05, 0) is 33.2 Å². The summed E-state index contributed by atoms with van der Waals surface area (Å²) in [7, 11) is 0. The van der Waals surface area contributed by atoms with E-state index in [0.29, 0.717) is 18.2 Å². The van der Waals surface area contributed by atoms with Crippen molar-refractivity contribution in [1.82, 2.24) is 10.2 Å². The maximum atomic E-state index is 5.74. The van der Waals surface area contributed by atoms with Gasteiger partial charge in [0, 0.05) is 25.2 Å². The normalized spacial score (nSPS) is 28.2. The lowest BCUT2D eigenvalue weighted by Crippen LogP contribution is -2.54. The Bertz CT molecular complexity index is 199. The Hall–Kier alpha value is -0.120. The summed E-state index contributed by atoms with van der Waals surface area (Å²) < 4.78 is 5.74. The minimum absolute atomic E-state index is 0.385. The van der Waals surface area contributed by atoms with Gasteiger partial charge in [0.15, 0.2) is 0 Å². The average molecular weight is 242 g/mol. The third-order valence-electron chi connectivity index (χ3n) is 3.69. The Kier molecular flexibility index (Phi) is 7.09. The molecule has 0 aromatic carbocycles. The zero-order valence-corrected chi connectivity index (χ0v) is 12.0. The number of rotatable bonds is 7. The lowest BCUT2D eigenvalue weighted by Gasteiger charge is -2.42. The van der Waals surface area contributed by atoms with Crippen molar-refractivity contribution in [1.29, 1.82) is 0 Å². The van der Waals surface area contributed by atoms with Crippen LogP contribution in [-0.4, -0.2) is 49.3 Å². The molecule has 3 nitrogen and oxygen atoms in total. The first kappa shape index (κ1) is 14.9. The maximum absolute atomic E-state index is 5.74. The first-order chi connectivity index (χ1) is 8.19. The molecule has 102 valence electrons. The fourth-order valence-corrected chi connectivity index (χ4v) is 2.49. The average Bonchev–Trinajstić information content (AvgIpc) is 2.34. The Morgan fingerprint density at radius 1 is 1.41 bits per heavy atom. The largest absolute Gasteiger partial charge is 0.376 e. The van der Waals surface area contributed by atoms with Gasteiger partial charge in [-0.25, -0.2) is 0 Å². The van der Waals surface area contributed by atoms with Crippen molar-refractivity contribution in [3.8, 4) is 0 Å². The molecule has 0 aromatic rings. The molecule has 1 N–H and O–H groups in total. The number of morpholine rings is 1. The quantitative estimate of drug-likeness (QED) is 0.693. The SMILES string of the molecule is CCCCNCC(C)N1CC(C)OCC1CC. The lowest BCUT2D eigenvalue weighted by molar-refractivity contribution is -0.0694. The topological polar surface area (TPSA) is 24.5 Å². The van der Waals surface area contributed by atoms with Crippen LogP contribution in [0.5, 0.6) is 0 Å². The zero-order chi connectivity index (χ0) is 12.7. The van der Waals surface area contributed by atoms with Gasteiger partial charge in [-0.3, -0.25) is 4.90 Å². The van der Waals surface area contributed by atoms with Crippen molar-refractivity contribution in [3.05, 3.63) is 0 Å². The summed E-state index contributed by atoms with van der Waals surface area (Å²) in [5.74, 6) is 0. The predicted octanol–water partition coefficient (Wildman–Crippen LogP) is 2.26. The molecule has 3 unspecified atom stereocenters. The van der Waals surface area contributed by atoms with Gasteiger partial charge in [0.25, 0.3) is 0 Å². The summed E-state index contributed by atoms with van der Waals surface area (Å²) >= 11 is 0. The van der Waals surface area contributed by atoms with Gasteiger partial charge in [-0.15, -0.1) is 0 Å². The van der Waals surface area contributed by atoms with Gasteiger partial charge in [-0.2, -0.15) is 0 Å². The van der Waals surface area contributed by atoms with Crippen LogP contribution in [0.3, 0.4) is 0 Å². The Morgan fingerprint density at radius 2 is 2.18 bits per heavy atom. The number of hydrogen-bond acceptors (Lipinski definition) is 3. The molecular formula is C14H30N2O. The molecule has 0 amide bonds. The molecule has 1 rings (SSSR count). The summed E-state index contributed by atoms with van der Waals surface area (Å²) in [6.07, 6.45) is 4.12. The Morgan fingerprint density at radius 3 is 2.82 bits per heavy atom. The smallest absolute Gasteiger partial charge is 0.0674 e. The molecular weight excluding hydrogens is 212 g/mol. The molecule has 0 bridgehead atoms. The molecule has 3 heteroatoms. The molecule has 1 aliphatic heterocycles. The monoisotopic (exact) mass is 242 g/mol. The molecule has 1 aliphatic rings. The van der Waals surface area contributed by atoms with E-state index < -0.39 is 0 Å². The van der Waals surface area contributed by atoms with Crippen LogP contribution in [0.15, 0.2) is 0 Å². The Balaban J connectivity index is 2.33. The van der Waals surface area contributed by atoms with Crippen molar-refractivity contribution in [2.75, 3.05) is 26.2 Å². The predicted molar refractivity (Wildman–Crippen MR) is 73.4 cm³/mol. The zero-order valence-electron chi connectivity index (χ0n) is 12.0. The molecule has 1 fully saturated rings. The second-order valence-corrected chi connectivity index (χ2v) is 5.31. The van der Waals surface area contributed by atoms with Crippen molar-refractivity contribution in [3.63, 3.8) is 0 Å². The molecule has 17 heavy (non-hydrogen) atoms. The van der Waals surface area contributed by atoms with Crippen LogP contribution in [0, 0.1) is 0 Å². The maximum Gasteiger partial charge on any atom is 0.0674 e. The molecule has 1 heterocycles. The van der Waals surface area contributed by atoms with Crippen LogP contribution >= 0.6 is 0 Å². The number of unbranched alkanes of at least 4 members (excludes halogenated alkanes) is 1. The second kappa shape index (κ2) is 8.06. The van der Waals surface area contributed by atoms with E-state index in [1.807, 2.05) is 0 Å². The number of nitrogens with one attached hydrogen (secondary N) is 1. The van der Waals surface area contributed by atoms with Gasteiger partial charge >= 0.3 is 0 Å². The first-order valence-electron chi connectivity index (χ1n) is 7.27. The fraction of sp³-hybridized carbons (Fsp3) is 1.00. The van der Waals surface area contributed by atoms with Crippen LogP contribution in [0.2, 0.25) is 0 Å². The number of hydrogen-bond donors (Lipinski definition) is 1. The number of ether oxygens (including phenoxy) is 1. The van der Waals surface area contributed by atoms with E-state index in [0.717, 1.165) is 26.2 Å². The Labute approximate surface area is 107 Å². The first-order valence-corrected chi connectivity index (χ1v) is 7.27. The van der Waals surface area contributed by atoms with Gasteiger partial charge < -0.3 is 10.1 Å². The summed E-state index contributed by atoms with van der Waals surface area (Å²) in [5.41, 5.74) is 0. The van der Waals surface area contributed by atoms with Crippen molar-refractivity contribution < 1.29 is 4.74 Å². The van der Waals surface area contributed by atoms with E-state index in [1.165, 1.54) is 19.3 Å². The second-order valence-electron chi connectivity index (χ2n) is 5.31. The minimum atomic E-state index is 0.385. The third kappa shape index (κ3) is 4.94. The van der Waals surface area contributed by atoms with E-state index in [2.05, 4.69) is 37.9 Å². The standard InChI is InChI=1S/C14H30N2O/c1-5-7-8-15-9-12(3)16-10-13(4)17-11-14(16)6-2/h12-15H,5-11H2,1-4H3. The highest BCUT2D eigenvalue weighted by Crippen LogP contribution is 2.17. The highest BCUT2D eigenvalue weighted by atomic mass is 16.5. The van der Waals surface area contributed by atoms with Gasteiger partial charge in [0.1, 0.15) is 0 Å².